The third-order valence-electron chi connectivity index (χ3n) is 10.3. The SMILES string of the molecule is O=P(c1ccccc1)(c1ccccc1)c1ccc(-c2cccc(-c3ccc4c(c3)nc(-c3ccccc3)c3ccc5oc6ccccc6c5c34)c2)cc1. The van der Waals surface area contributed by atoms with Crippen LogP contribution in [0.2, 0.25) is 0 Å². The number of benzene rings is 8. The molecule has 2 aromatic heterocycles. The maximum absolute atomic E-state index is 14.9. The second kappa shape index (κ2) is 12.6. The van der Waals surface area contributed by atoms with Crippen molar-refractivity contribution in [2.24, 2.45) is 0 Å². The van der Waals surface area contributed by atoms with Crippen LogP contribution in [0.15, 0.2) is 199 Å². The minimum atomic E-state index is -3.05. The number of hydrogen-bond acceptors (Lipinski definition) is 3. The number of rotatable bonds is 6. The molecule has 0 bridgehead atoms. The van der Waals surface area contributed by atoms with E-state index in [9.17, 15) is 4.57 Å². The summed E-state index contributed by atoms with van der Waals surface area (Å²) in [6.07, 6.45) is 0. The van der Waals surface area contributed by atoms with Crippen molar-refractivity contribution >= 4 is 66.7 Å². The van der Waals surface area contributed by atoms with Crippen LogP contribution < -0.4 is 15.9 Å². The molecule has 0 spiro atoms. The van der Waals surface area contributed by atoms with Gasteiger partial charge in [-0.2, -0.15) is 0 Å². The van der Waals surface area contributed by atoms with Crippen LogP contribution >= 0.6 is 7.14 Å². The van der Waals surface area contributed by atoms with Crippen molar-refractivity contribution in [3.8, 4) is 33.5 Å². The van der Waals surface area contributed by atoms with Crippen LogP contribution in [0.1, 0.15) is 0 Å². The standard InChI is InChI=1S/C49H32NO2P/c51-53(38-17-6-2-7-18-38,39-19-8-3-9-20-39)40-26-23-33(24-27-40)35-15-12-16-36(31-35)37-25-28-41-44(32-37)50-49(34-13-4-1-5-14-34)43-29-30-46-48(47(41)43)42-21-10-11-22-45(42)52-46/h1-32H. The summed E-state index contributed by atoms with van der Waals surface area (Å²) in [6, 6.07) is 66.0. The topological polar surface area (TPSA) is 43.1 Å². The van der Waals surface area contributed by atoms with Gasteiger partial charge in [-0.25, -0.2) is 4.98 Å². The number of aromatic nitrogens is 1. The Hall–Kier alpha value is -6.54. The van der Waals surface area contributed by atoms with Crippen molar-refractivity contribution in [2.45, 2.75) is 0 Å². The van der Waals surface area contributed by atoms with Gasteiger partial charge in [0.1, 0.15) is 11.2 Å². The highest BCUT2D eigenvalue weighted by molar-refractivity contribution is 7.85. The average molecular weight is 698 g/mol. The zero-order valence-corrected chi connectivity index (χ0v) is 29.6. The Morgan fingerprint density at radius 3 is 1.64 bits per heavy atom. The molecule has 0 aliphatic carbocycles. The summed E-state index contributed by atoms with van der Waals surface area (Å²) in [4.78, 5) is 5.34. The quantitative estimate of drug-likeness (QED) is 0.128. The van der Waals surface area contributed by atoms with Gasteiger partial charge in [0, 0.05) is 48.4 Å². The van der Waals surface area contributed by atoms with Gasteiger partial charge in [-0.1, -0.05) is 164 Å². The van der Waals surface area contributed by atoms with Crippen molar-refractivity contribution < 1.29 is 8.98 Å². The van der Waals surface area contributed by atoms with Crippen LogP contribution in [0.25, 0.3) is 77.1 Å². The van der Waals surface area contributed by atoms with Gasteiger partial charge in [0.15, 0.2) is 7.14 Å². The summed E-state index contributed by atoms with van der Waals surface area (Å²) in [5.74, 6) is 0. The molecule has 0 radical (unpaired) electrons. The Balaban J connectivity index is 1.09. The fourth-order valence-electron chi connectivity index (χ4n) is 7.77. The molecule has 10 aromatic rings. The summed E-state index contributed by atoms with van der Waals surface area (Å²) in [5.41, 5.74) is 9.05. The van der Waals surface area contributed by atoms with Crippen molar-refractivity contribution in [1.29, 1.82) is 0 Å². The van der Waals surface area contributed by atoms with Gasteiger partial charge in [0.25, 0.3) is 0 Å². The third-order valence-corrected chi connectivity index (χ3v) is 13.4. The lowest BCUT2D eigenvalue weighted by Gasteiger charge is -2.20. The Kier molecular flexibility index (Phi) is 7.42. The molecule has 53 heavy (non-hydrogen) atoms. The molecule has 0 N–H and O–H groups in total. The molecule has 2 heterocycles. The van der Waals surface area contributed by atoms with Crippen molar-refractivity contribution in [3.63, 3.8) is 0 Å². The first-order chi connectivity index (χ1) is 26.1. The van der Waals surface area contributed by atoms with E-state index in [1.807, 2.05) is 91.0 Å². The summed E-state index contributed by atoms with van der Waals surface area (Å²) < 4.78 is 21.3. The molecule has 0 amide bonds. The summed E-state index contributed by atoms with van der Waals surface area (Å²) in [5, 5.41) is 8.04. The van der Waals surface area contributed by atoms with Crippen LogP contribution in [-0.2, 0) is 4.57 Å². The molecular formula is C49H32NO2P. The minimum Gasteiger partial charge on any atom is -0.456 e. The number of fused-ring (bicyclic) bond motifs is 7. The highest BCUT2D eigenvalue weighted by Crippen LogP contribution is 2.44. The van der Waals surface area contributed by atoms with E-state index in [2.05, 4.69) is 103 Å². The second-order valence-corrected chi connectivity index (χ2v) is 16.2. The minimum absolute atomic E-state index is 0.816. The number of para-hydroxylation sites is 1. The van der Waals surface area contributed by atoms with Crippen LogP contribution in [0.4, 0.5) is 0 Å². The summed E-state index contributed by atoms with van der Waals surface area (Å²) in [7, 11) is -3.05. The zero-order valence-electron chi connectivity index (χ0n) is 28.7. The molecule has 0 atom stereocenters. The third kappa shape index (κ3) is 5.20. The lowest BCUT2D eigenvalue weighted by molar-refractivity contribution is 0.592. The summed E-state index contributed by atoms with van der Waals surface area (Å²) >= 11 is 0. The molecule has 0 saturated heterocycles. The maximum Gasteiger partial charge on any atom is 0.171 e. The fraction of sp³-hybridized carbons (Fsp3) is 0. The molecule has 0 unspecified atom stereocenters. The van der Waals surface area contributed by atoms with E-state index in [4.69, 9.17) is 9.40 Å². The molecule has 0 fully saturated rings. The molecule has 0 saturated carbocycles. The molecule has 250 valence electrons. The molecule has 10 rings (SSSR count). The van der Waals surface area contributed by atoms with Gasteiger partial charge < -0.3 is 8.98 Å². The van der Waals surface area contributed by atoms with Gasteiger partial charge in [0.2, 0.25) is 0 Å². The van der Waals surface area contributed by atoms with E-state index in [-0.39, 0.29) is 0 Å². The Morgan fingerprint density at radius 2 is 0.925 bits per heavy atom. The number of nitrogens with zero attached hydrogens (tertiary/aromatic N) is 1. The highest BCUT2D eigenvalue weighted by atomic mass is 31.2. The number of pyridine rings is 1. The van der Waals surface area contributed by atoms with Crippen LogP contribution in [0, 0.1) is 0 Å². The van der Waals surface area contributed by atoms with Crippen LogP contribution in [0.5, 0.6) is 0 Å². The van der Waals surface area contributed by atoms with Gasteiger partial charge in [-0.05, 0) is 52.6 Å². The number of hydrogen-bond donors (Lipinski definition) is 0. The highest BCUT2D eigenvalue weighted by Gasteiger charge is 2.29. The van der Waals surface area contributed by atoms with Crippen molar-refractivity contribution in [1.82, 2.24) is 4.98 Å². The fourth-order valence-corrected chi connectivity index (χ4v) is 10.4. The monoisotopic (exact) mass is 697 g/mol. The second-order valence-electron chi connectivity index (χ2n) is 13.4. The molecular weight excluding hydrogens is 666 g/mol. The van der Waals surface area contributed by atoms with E-state index in [0.717, 1.165) is 93.0 Å². The smallest absolute Gasteiger partial charge is 0.171 e. The lowest BCUT2D eigenvalue weighted by Crippen LogP contribution is -2.24. The average Bonchev–Trinajstić information content (AvgIpc) is 3.63. The molecule has 0 aliphatic rings. The van der Waals surface area contributed by atoms with Crippen molar-refractivity contribution in [3.05, 3.63) is 194 Å². The first-order valence-corrected chi connectivity index (χ1v) is 19.5. The molecule has 0 aliphatic heterocycles. The largest absolute Gasteiger partial charge is 0.456 e. The van der Waals surface area contributed by atoms with Gasteiger partial charge in [-0.15, -0.1) is 0 Å². The normalized spacial score (nSPS) is 11.8. The Labute approximate surface area is 307 Å². The predicted molar refractivity (Wildman–Crippen MR) is 222 cm³/mol. The predicted octanol–water partition coefficient (Wildman–Crippen LogP) is 11.9. The van der Waals surface area contributed by atoms with Crippen molar-refractivity contribution in [2.75, 3.05) is 0 Å². The zero-order chi connectivity index (χ0) is 35.4. The first-order valence-electron chi connectivity index (χ1n) is 17.8. The van der Waals surface area contributed by atoms with E-state index in [1.165, 1.54) is 0 Å². The maximum atomic E-state index is 14.9. The van der Waals surface area contributed by atoms with E-state index in [1.54, 1.807) is 0 Å². The molecule has 8 aromatic carbocycles. The first kappa shape index (κ1) is 31.2. The van der Waals surface area contributed by atoms with Crippen LogP contribution in [0.3, 0.4) is 0 Å². The van der Waals surface area contributed by atoms with E-state index < -0.39 is 7.14 Å². The van der Waals surface area contributed by atoms with Gasteiger partial charge in [-0.3, -0.25) is 0 Å². The number of furan rings is 1. The molecule has 3 nitrogen and oxygen atoms in total. The molecule has 4 heteroatoms. The Bertz CT molecular complexity index is 2960. The van der Waals surface area contributed by atoms with Crippen LogP contribution in [-0.4, -0.2) is 4.98 Å². The van der Waals surface area contributed by atoms with E-state index in [0.29, 0.717) is 0 Å². The summed E-state index contributed by atoms with van der Waals surface area (Å²) in [6.45, 7) is 0. The Morgan fingerprint density at radius 1 is 0.377 bits per heavy atom. The van der Waals surface area contributed by atoms with Gasteiger partial charge in [0.05, 0.1) is 11.2 Å². The van der Waals surface area contributed by atoms with E-state index >= 15 is 0 Å². The van der Waals surface area contributed by atoms with Gasteiger partial charge >= 0.3 is 0 Å². The lowest BCUT2D eigenvalue weighted by atomic mass is 9.94.